The summed E-state index contributed by atoms with van der Waals surface area (Å²) in [5.41, 5.74) is 1.44. The lowest BCUT2D eigenvalue weighted by atomic mass is 9.97. The van der Waals surface area contributed by atoms with E-state index in [1.165, 1.54) is 6.39 Å². The average Bonchev–Trinajstić information content (AvgIpc) is 3.41. The maximum Gasteiger partial charge on any atom is 0.291 e. The first-order valence-electron chi connectivity index (χ1n) is 8.74. The third-order valence-electron chi connectivity index (χ3n) is 4.83. The lowest BCUT2D eigenvalue weighted by Crippen LogP contribution is -2.29. The highest BCUT2D eigenvalue weighted by atomic mass is 16.5. The van der Waals surface area contributed by atoms with Crippen LogP contribution in [0.5, 0.6) is 0 Å². The quantitative estimate of drug-likeness (QED) is 0.683. The number of likely N-dealkylation sites (tertiary alicyclic amines) is 1. The van der Waals surface area contributed by atoms with Gasteiger partial charge in [0.15, 0.2) is 6.39 Å². The molecule has 0 saturated carbocycles. The molecule has 1 saturated heterocycles. The van der Waals surface area contributed by atoms with Crippen molar-refractivity contribution in [3.05, 3.63) is 54.1 Å². The minimum absolute atomic E-state index is 0.0613. The predicted molar refractivity (Wildman–Crippen MR) is 95.0 cm³/mol. The van der Waals surface area contributed by atoms with Gasteiger partial charge in [0, 0.05) is 31.7 Å². The van der Waals surface area contributed by atoms with Gasteiger partial charge in [0.1, 0.15) is 0 Å². The van der Waals surface area contributed by atoms with Crippen molar-refractivity contribution >= 4 is 5.91 Å². The minimum atomic E-state index is -0.184. The van der Waals surface area contributed by atoms with Gasteiger partial charge in [-0.05, 0) is 19.1 Å². The summed E-state index contributed by atoms with van der Waals surface area (Å²) in [6, 6.07) is 9.61. The fourth-order valence-electron chi connectivity index (χ4n) is 3.43. The van der Waals surface area contributed by atoms with Crippen molar-refractivity contribution in [3.8, 4) is 11.5 Å². The Balaban J connectivity index is 1.57. The second-order valence-electron chi connectivity index (χ2n) is 6.61. The number of hydrogen-bond donors (Lipinski definition) is 0. The van der Waals surface area contributed by atoms with Crippen LogP contribution < -0.4 is 0 Å². The normalized spacial score (nSPS) is 19.6. The van der Waals surface area contributed by atoms with Crippen LogP contribution in [0.2, 0.25) is 0 Å². The van der Waals surface area contributed by atoms with Crippen LogP contribution in [0.15, 0.2) is 45.6 Å². The van der Waals surface area contributed by atoms with Crippen LogP contribution in [-0.4, -0.2) is 52.8 Å². The molecule has 0 unspecified atom stereocenters. The molecule has 1 amide bonds. The number of nitrogens with zero attached hydrogens (tertiary/aromatic N) is 4. The number of carbonyl (C=O) groups excluding carboxylic acids is 1. The molecular formula is C19H20N4O4. The molecule has 27 heavy (non-hydrogen) atoms. The van der Waals surface area contributed by atoms with Gasteiger partial charge in [-0.25, -0.2) is 4.98 Å². The molecule has 1 aliphatic heterocycles. The molecule has 0 bridgehead atoms. The maximum absolute atomic E-state index is 12.8. The highest BCUT2D eigenvalue weighted by Crippen LogP contribution is 2.34. The van der Waals surface area contributed by atoms with Crippen molar-refractivity contribution in [2.24, 2.45) is 5.92 Å². The summed E-state index contributed by atoms with van der Waals surface area (Å²) in [6.45, 7) is 3.23. The van der Waals surface area contributed by atoms with Crippen LogP contribution in [0.3, 0.4) is 0 Å². The fraction of sp³-hybridized carbons (Fsp3) is 0.368. The van der Waals surface area contributed by atoms with Crippen molar-refractivity contribution in [2.45, 2.75) is 12.8 Å². The number of ether oxygens (including phenoxy) is 1. The van der Waals surface area contributed by atoms with Crippen molar-refractivity contribution in [3.63, 3.8) is 0 Å². The molecule has 4 rings (SSSR count). The van der Waals surface area contributed by atoms with Crippen molar-refractivity contribution in [2.75, 3.05) is 26.8 Å². The van der Waals surface area contributed by atoms with E-state index >= 15 is 0 Å². The highest BCUT2D eigenvalue weighted by Gasteiger charge is 2.40. The van der Waals surface area contributed by atoms with E-state index in [2.05, 4.69) is 15.2 Å². The molecule has 0 aliphatic carbocycles. The molecule has 0 radical (unpaired) electrons. The van der Waals surface area contributed by atoms with Crippen LogP contribution in [0.25, 0.3) is 11.5 Å². The Kier molecular flexibility index (Phi) is 4.72. The van der Waals surface area contributed by atoms with E-state index in [4.69, 9.17) is 13.6 Å². The first kappa shape index (κ1) is 17.4. The lowest BCUT2D eigenvalue weighted by Gasteiger charge is -2.14. The maximum atomic E-state index is 12.8. The highest BCUT2D eigenvalue weighted by molar-refractivity contribution is 5.92. The summed E-state index contributed by atoms with van der Waals surface area (Å²) in [6.07, 6.45) is 1.28. The molecule has 2 atom stereocenters. The van der Waals surface area contributed by atoms with Gasteiger partial charge in [-0.2, -0.15) is 0 Å². The van der Waals surface area contributed by atoms with Gasteiger partial charge in [0.2, 0.25) is 17.5 Å². The Morgan fingerprint density at radius 1 is 1.26 bits per heavy atom. The van der Waals surface area contributed by atoms with E-state index in [1.54, 1.807) is 18.9 Å². The second-order valence-corrected chi connectivity index (χ2v) is 6.61. The minimum Gasteiger partial charge on any atom is -0.438 e. The van der Waals surface area contributed by atoms with Gasteiger partial charge in [0.25, 0.3) is 5.91 Å². The molecule has 3 heterocycles. The molecule has 8 heteroatoms. The van der Waals surface area contributed by atoms with Crippen LogP contribution in [0.1, 0.15) is 28.1 Å². The number of oxazole rings is 1. The summed E-state index contributed by atoms with van der Waals surface area (Å²) >= 11 is 0. The first-order chi connectivity index (χ1) is 13.2. The molecule has 1 aliphatic rings. The van der Waals surface area contributed by atoms with E-state index in [1.807, 2.05) is 30.3 Å². The Labute approximate surface area is 156 Å². The number of aryl methyl sites for hydroxylation is 1. The van der Waals surface area contributed by atoms with Gasteiger partial charge in [-0.3, -0.25) is 4.79 Å². The topological polar surface area (TPSA) is 94.5 Å². The van der Waals surface area contributed by atoms with Gasteiger partial charge < -0.3 is 18.5 Å². The molecule has 0 spiro atoms. The number of rotatable bonds is 5. The van der Waals surface area contributed by atoms with Crippen molar-refractivity contribution in [1.82, 2.24) is 20.1 Å². The molecule has 2 aromatic heterocycles. The summed E-state index contributed by atoms with van der Waals surface area (Å²) in [4.78, 5) is 18.5. The predicted octanol–water partition coefficient (Wildman–Crippen LogP) is 2.54. The standard InChI is InChI=1S/C19H20N4O4/c1-12-16(26-11-20-12)19(24)23-8-14(10-25-2)15(9-23)18-22-21-17(27-18)13-6-4-3-5-7-13/h3-7,11,14-15H,8-10H2,1-2H3/t14-,15+/m0/s1. The zero-order chi connectivity index (χ0) is 18.8. The molecule has 1 fully saturated rings. The molecule has 0 N–H and O–H groups in total. The van der Waals surface area contributed by atoms with Gasteiger partial charge in [-0.1, -0.05) is 18.2 Å². The Morgan fingerprint density at radius 2 is 2.07 bits per heavy atom. The molecular weight excluding hydrogens is 348 g/mol. The Morgan fingerprint density at radius 3 is 2.78 bits per heavy atom. The second kappa shape index (κ2) is 7.32. The summed E-state index contributed by atoms with van der Waals surface area (Å²) in [5.74, 6) is 1.03. The van der Waals surface area contributed by atoms with E-state index < -0.39 is 0 Å². The van der Waals surface area contributed by atoms with Gasteiger partial charge in [0.05, 0.1) is 18.2 Å². The number of benzene rings is 1. The zero-order valence-electron chi connectivity index (χ0n) is 15.2. The van der Waals surface area contributed by atoms with E-state index in [9.17, 15) is 4.79 Å². The summed E-state index contributed by atoms with van der Waals surface area (Å²) < 4.78 is 16.5. The third-order valence-corrected chi connectivity index (χ3v) is 4.83. The van der Waals surface area contributed by atoms with Crippen LogP contribution in [-0.2, 0) is 4.74 Å². The largest absolute Gasteiger partial charge is 0.438 e. The van der Waals surface area contributed by atoms with Crippen LogP contribution in [0, 0.1) is 12.8 Å². The van der Waals surface area contributed by atoms with E-state index in [-0.39, 0.29) is 23.5 Å². The van der Waals surface area contributed by atoms with E-state index in [0.29, 0.717) is 37.2 Å². The van der Waals surface area contributed by atoms with Crippen molar-refractivity contribution in [1.29, 1.82) is 0 Å². The molecule has 1 aromatic carbocycles. The van der Waals surface area contributed by atoms with Crippen molar-refractivity contribution < 1.29 is 18.4 Å². The molecule has 3 aromatic rings. The molecule has 140 valence electrons. The number of carbonyl (C=O) groups is 1. The average molecular weight is 368 g/mol. The monoisotopic (exact) mass is 368 g/mol. The van der Waals surface area contributed by atoms with Gasteiger partial charge >= 0.3 is 0 Å². The smallest absolute Gasteiger partial charge is 0.291 e. The van der Waals surface area contributed by atoms with E-state index in [0.717, 1.165) is 5.56 Å². The van der Waals surface area contributed by atoms with Gasteiger partial charge in [-0.15, -0.1) is 10.2 Å². The summed E-state index contributed by atoms with van der Waals surface area (Å²) in [5, 5.41) is 8.41. The third kappa shape index (κ3) is 3.35. The Hall–Kier alpha value is -3.00. The fourth-order valence-corrected chi connectivity index (χ4v) is 3.43. The number of aromatic nitrogens is 3. The first-order valence-corrected chi connectivity index (χ1v) is 8.74. The SMILES string of the molecule is COC[C@@H]1CN(C(=O)c2ocnc2C)C[C@H]1c1nnc(-c2ccccc2)o1. The number of hydrogen-bond acceptors (Lipinski definition) is 7. The lowest BCUT2D eigenvalue weighted by molar-refractivity contribution is 0.0743. The molecule has 8 nitrogen and oxygen atoms in total. The van der Waals surface area contributed by atoms with Crippen LogP contribution in [0.4, 0.5) is 0 Å². The number of methoxy groups -OCH3 is 1. The summed E-state index contributed by atoms with van der Waals surface area (Å²) in [7, 11) is 1.64. The Bertz CT molecular complexity index is 921. The number of amides is 1. The van der Waals surface area contributed by atoms with Crippen LogP contribution >= 0.6 is 0 Å². The zero-order valence-corrected chi connectivity index (χ0v) is 15.2.